The van der Waals surface area contributed by atoms with E-state index >= 15 is 0 Å². The lowest BCUT2D eigenvalue weighted by Gasteiger charge is -2.18. The van der Waals surface area contributed by atoms with Gasteiger partial charge in [-0.15, -0.1) is 0 Å². The van der Waals surface area contributed by atoms with Crippen LogP contribution in [0.2, 0.25) is 25.7 Å². The third-order valence-corrected chi connectivity index (χ3v) is 12.8. The molecule has 3 aromatic carbocycles. The van der Waals surface area contributed by atoms with Gasteiger partial charge in [-0.2, -0.15) is 0 Å². The first kappa shape index (κ1) is 46.4. The van der Waals surface area contributed by atoms with Crippen molar-refractivity contribution in [3.63, 3.8) is 0 Å². The minimum absolute atomic E-state index is 0.121. The number of ether oxygens (including phenoxy) is 1. The second-order valence-electron chi connectivity index (χ2n) is 17.1. The van der Waals surface area contributed by atoms with Crippen LogP contribution >= 0.6 is 0 Å². The smallest absolute Gasteiger partial charge is 0.307 e. The maximum Gasteiger partial charge on any atom is 0.307 e. The SMILES string of the molecule is CCCCCCCCCCCCCCCCCCNc1ccc(NCCCCCCOC(=O)CCNCCC[Si](C)(C)C)c2c(O)c3ccccc3c(O)c12. The van der Waals surface area contributed by atoms with E-state index in [0.717, 1.165) is 63.1 Å². The Bertz CT molecular complexity index is 1490. The lowest BCUT2D eigenvalue weighted by molar-refractivity contribution is -0.143. The summed E-state index contributed by atoms with van der Waals surface area (Å²) in [7, 11) is -0.991. The molecule has 0 aliphatic heterocycles. The van der Waals surface area contributed by atoms with Crippen molar-refractivity contribution in [2.24, 2.45) is 0 Å². The normalized spacial score (nSPS) is 11.8. The van der Waals surface area contributed by atoms with E-state index in [1.54, 1.807) is 0 Å². The molecule has 0 unspecified atom stereocenters. The Hall–Kier alpha value is -2.97. The summed E-state index contributed by atoms with van der Waals surface area (Å²) in [5, 5.41) is 36.1. The third-order valence-electron chi connectivity index (χ3n) is 10.9. The number of fused-ring (bicyclic) bond motifs is 2. The molecule has 7 nitrogen and oxygen atoms in total. The number of phenolic OH excluding ortho intramolecular Hbond substituents is 2. The van der Waals surface area contributed by atoms with Gasteiger partial charge in [0.25, 0.3) is 0 Å². The fraction of sp³-hybridized carbons (Fsp3) is 0.681. The number of aromatic hydroxyl groups is 2. The fourth-order valence-electron chi connectivity index (χ4n) is 7.57. The second-order valence-corrected chi connectivity index (χ2v) is 22.7. The number of rotatable bonds is 33. The van der Waals surface area contributed by atoms with Gasteiger partial charge in [-0.25, -0.2) is 0 Å². The molecule has 0 aliphatic rings. The van der Waals surface area contributed by atoms with Gasteiger partial charge >= 0.3 is 5.97 Å². The summed E-state index contributed by atoms with van der Waals surface area (Å²) in [6.45, 7) is 13.2. The van der Waals surface area contributed by atoms with Crippen LogP contribution in [0.25, 0.3) is 21.5 Å². The highest BCUT2D eigenvalue weighted by molar-refractivity contribution is 6.76. The minimum atomic E-state index is -0.991. The number of anilines is 2. The second kappa shape index (κ2) is 27.6. The van der Waals surface area contributed by atoms with Crippen molar-refractivity contribution in [3.8, 4) is 11.5 Å². The zero-order valence-corrected chi connectivity index (χ0v) is 36.5. The van der Waals surface area contributed by atoms with Crippen molar-refractivity contribution in [1.82, 2.24) is 5.32 Å². The van der Waals surface area contributed by atoms with Gasteiger partial charge in [0.1, 0.15) is 11.5 Å². The molecule has 3 rings (SSSR count). The summed E-state index contributed by atoms with van der Waals surface area (Å²) in [5.41, 5.74) is 1.68. The molecular weight excluding hydrogens is 699 g/mol. The van der Waals surface area contributed by atoms with E-state index in [4.69, 9.17) is 4.74 Å². The molecule has 0 amide bonds. The largest absolute Gasteiger partial charge is 0.507 e. The summed E-state index contributed by atoms with van der Waals surface area (Å²) in [5.74, 6) is 0.277. The van der Waals surface area contributed by atoms with E-state index < -0.39 is 8.07 Å². The zero-order chi connectivity index (χ0) is 39.6. The summed E-state index contributed by atoms with van der Waals surface area (Å²) >= 11 is 0. The zero-order valence-electron chi connectivity index (χ0n) is 35.5. The molecule has 0 saturated carbocycles. The number of hydrogen-bond donors (Lipinski definition) is 5. The van der Waals surface area contributed by atoms with E-state index in [0.29, 0.717) is 41.1 Å². The van der Waals surface area contributed by atoms with Crippen LogP contribution in [0.1, 0.15) is 148 Å². The van der Waals surface area contributed by atoms with Gasteiger partial charge in [0.2, 0.25) is 0 Å². The van der Waals surface area contributed by atoms with Gasteiger partial charge in [0.05, 0.1) is 23.8 Å². The molecule has 3 aromatic rings. The number of carbonyl (C=O) groups excluding carboxylic acids is 1. The molecule has 0 heterocycles. The van der Waals surface area contributed by atoms with Gasteiger partial charge in [0.15, 0.2) is 0 Å². The number of nitrogens with one attached hydrogen (secondary N) is 3. The maximum atomic E-state index is 12.1. The minimum Gasteiger partial charge on any atom is -0.507 e. The van der Waals surface area contributed by atoms with E-state index in [1.807, 2.05) is 36.4 Å². The average Bonchev–Trinajstić information content (AvgIpc) is 3.17. The van der Waals surface area contributed by atoms with E-state index in [9.17, 15) is 15.0 Å². The predicted octanol–water partition coefficient (Wildman–Crippen LogP) is 13.3. The molecule has 0 saturated heterocycles. The molecule has 0 radical (unpaired) electrons. The molecule has 0 aromatic heterocycles. The number of esters is 1. The molecule has 5 N–H and O–H groups in total. The monoisotopic (exact) mass is 778 g/mol. The van der Waals surface area contributed by atoms with Crippen molar-refractivity contribution in [2.45, 2.75) is 174 Å². The summed E-state index contributed by atoms with van der Waals surface area (Å²) in [6.07, 6.45) is 27.0. The first-order valence-electron chi connectivity index (χ1n) is 22.5. The number of unbranched alkanes of at least 4 members (excludes halogenated alkanes) is 18. The van der Waals surface area contributed by atoms with Crippen molar-refractivity contribution < 1.29 is 19.7 Å². The molecule has 55 heavy (non-hydrogen) atoms. The number of carbonyl (C=O) groups is 1. The first-order valence-corrected chi connectivity index (χ1v) is 26.2. The highest BCUT2D eigenvalue weighted by atomic mass is 28.3. The van der Waals surface area contributed by atoms with Gasteiger partial charge in [-0.05, 0) is 50.8 Å². The van der Waals surface area contributed by atoms with Crippen molar-refractivity contribution in [1.29, 1.82) is 0 Å². The van der Waals surface area contributed by atoms with Gasteiger partial charge in [-0.3, -0.25) is 4.79 Å². The van der Waals surface area contributed by atoms with Crippen LogP contribution in [-0.2, 0) is 9.53 Å². The van der Waals surface area contributed by atoms with Crippen LogP contribution in [0.3, 0.4) is 0 Å². The Balaban J connectivity index is 1.35. The van der Waals surface area contributed by atoms with Gasteiger partial charge in [0, 0.05) is 49.9 Å². The highest BCUT2D eigenvalue weighted by Crippen LogP contribution is 2.47. The predicted molar refractivity (Wildman–Crippen MR) is 241 cm³/mol. The molecule has 0 spiro atoms. The number of benzene rings is 3. The quantitative estimate of drug-likeness (QED) is 0.0138. The Labute approximate surface area is 336 Å². The Morgan fingerprint density at radius 1 is 0.564 bits per heavy atom. The average molecular weight is 778 g/mol. The van der Waals surface area contributed by atoms with E-state index in [1.165, 1.54) is 109 Å². The van der Waals surface area contributed by atoms with Crippen LogP contribution in [0.4, 0.5) is 11.4 Å². The van der Waals surface area contributed by atoms with Crippen molar-refractivity contribution in [2.75, 3.05) is 43.4 Å². The molecule has 0 atom stereocenters. The fourth-order valence-corrected chi connectivity index (χ4v) is 8.81. The lowest BCUT2D eigenvalue weighted by Crippen LogP contribution is -2.24. The molecule has 310 valence electrons. The maximum absolute atomic E-state index is 12.1. The van der Waals surface area contributed by atoms with Gasteiger partial charge < -0.3 is 30.9 Å². The van der Waals surface area contributed by atoms with Crippen molar-refractivity contribution >= 4 is 47.0 Å². The van der Waals surface area contributed by atoms with Crippen LogP contribution in [0.15, 0.2) is 36.4 Å². The van der Waals surface area contributed by atoms with Crippen molar-refractivity contribution in [3.05, 3.63) is 36.4 Å². The molecule has 0 fully saturated rings. The topological polar surface area (TPSA) is 103 Å². The van der Waals surface area contributed by atoms with Crippen LogP contribution in [-0.4, -0.2) is 57.0 Å². The highest BCUT2D eigenvalue weighted by Gasteiger charge is 2.19. The Morgan fingerprint density at radius 2 is 1.00 bits per heavy atom. The first-order chi connectivity index (χ1) is 26.7. The summed E-state index contributed by atoms with van der Waals surface area (Å²) < 4.78 is 5.44. The van der Waals surface area contributed by atoms with Gasteiger partial charge in [-0.1, -0.05) is 160 Å². The van der Waals surface area contributed by atoms with Crippen LogP contribution < -0.4 is 16.0 Å². The molecular formula is C47H79N3O4Si. The molecule has 0 aliphatic carbocycles. The lowest BCUT2D eigenvalue weighted by atomic mass is 9.97. The summed E-state index contributed by atoms with van der Waals surface area (Å²) in [6, 6.07) is 12.9. The number of hydrogen-bond acceptors (Lipinski definition) is 7. The number of phenols is 2. The standard InChI is InChI=1S/C47H79N3O4Si/c1-5-6-7-8-9-10-11-12-13-14-15-16-17-18-19-24-34-49-41-30-31-42(45-44(41)46(52)39-28-22-23-29-40(39)47(45)53)50-35-25-20-21-26-37-54-43(51)32-36-48-33-27-38-55(2,3)4/h22-23,28-31,48-50,52-53H,5-21,24-27,32-38H2,1-4H3. The molecule has 0 bridgehead atoms. The van der Waals surface area contributed by atoms with Crippen LogP contribution in [0, 0.1) is 0 Å². The van der Waals surface area contributed by atoms with E-state index in [2.05, 4.69) is 42.5 Å². The summed E-state index contributed by atoms with van der Waals surface area (Å²) in [4.78, 5) is 12.1. The molecule has 8 heteroatoms. The van der Waals surface area contributed by atoms with E-state index in [-0.39, 0.29) is 17.5 Å². The van der Waals surface area contributed by atoms with Crippen LogP contribution in [0.5, 0.6) is 11.5 Å². The Morgan fingerprint density at radius 3 is 1.45 bits per heavy atom. The third kappa shape index (κ3) is 18.7. The Kier molecular flexibility index (Phi) is 23.3.